The molecular weight excluding hydrogens is 274 g/mol. The zero-order valence-corrected chi connectivity index (χ0v) is 12.3. The van der Waals surface area contributed by atoms with Crippen LogP contribution in [0.3, 0.4) is 0 Å². The van der Waals surface area contributed by atoms with Gasteiger partial charge in [0.05, 0.1) is 19.4 Å². The number of oxime groups is 1. The monoisotopic (exact) mass is 291 g/mol. The number of ether oxygens (including phenoxy) is 2. The van der Waals surface area contributed by atoms with E-state index >= 15 is 0 Å². The van der Waals surface area contributed by atoms with Crippen molar-refractivity contribution in [3.8, 4) is 11.5 Å². The maximum atomic E-state index is 8.92. The summed E-state index contributed by atoms with van der Waals surface area (Å²) in [6.45, 7) is 2.29. The molecule has 0 fully saturated rings. The van der Waals surface area contributed by atoms with Crippen molar-refractivity contribution in [1.29, 1.82) is 0 Å². The minimum Gasteiger partial charge on any atom is -0.497 e. The fourth-order valence-corrected chi connectivity index (χ4v) is 2.52. The van der Waals surface area contributed by atoms with Crippen LogP contribution in [0.4, 0.5) is 0 Å². The van der Waals surface area contributed by atoms with Crippen molar-refractivity contribution >= 4 is 17.0 Å². The molecular formula is C15H17NO3S. The highest BCUT2D eigenvalue weighted by Gasteiger charge is 2.09. The van der Waals surface area contributed by atoms with Crippen LogP contribution >= 0.6 is 11.3 Å². The van der Waals surface area contributed by atoms with Crippen LogP contribution in [0.1, 0.15) is 18.1 Å². The number of rotatable bonds is 6. The quantitative estimate of drug-likeness (QED) is 0.503. The summed E-state index contributed by atoms with van der Waals surface area (Å²) in [5.74, 6) is 1.37. The Bertz CT molecular complexity index is 579. The molecule has 0 aliphatic carbocycles. The highest BCUT2D eigenvalue weighted by atomic mass is 32.1. The molecule has 4 nitrogen and oxygen atoms in total. The molecule has 106 valence electrons. The van der Waals surface area contributed by atoms with Gasteiger partial charge in [0.2, 0.25) is 0 Å². The van der Waals surface area contributed by atoms with Gasteiger partial charge in [0, 0.05) is 18.1 Å². The Labute approximate surface area is 122 Å². The molecule has 1 heterocycles. The van der Waals surface area contributed by atoms with E-state index in [-0.39, 0.29) is 0 Å². The number of hydrogen-bond donors (Lipinski definition) is 1. The molecule has 0 aliphatic heterocycles. The average molecular weight is 291 g/mol. The lowest BCUT2D eigenvalue weighted by molar-refractivity contribution is 0.312. The zero-order chi connectivity index (χ0) is 14.4. The second kappa shape index (κ2) is 6.96. The Morgan fingerprint density at radius 1 is 1.35 bits per heavy atom. The molecule has 1 aromatic heterocycles. The first-order valence-electron chi connectivity index (χ1n) is 6.25. The lowest BCUT2D eigenvalue weighted by Crippen LogP contribution is -2.06. The normalized spacial score (nSPS) is 11.4. The summed E-state index contributed by atoms with van der Waals surface area (Å²) in [5, 5.41) is 16.3. The summed E-state index contributed by atoms with van der Waals surface area (Å²) < 4.78 is 11.0. The fourth-order valence-electron chi connectivity index (χ4n) is 1.82. The summed E-state index contributed by atoms with van der Waals surface area (Å²) in [6.07, 6.45) is 0.843. The van der Waals surface area contributed by atoms with Crippen molar-refractivity contribution in [1.82, 2.24) is 0 Å². The number of nitrogens with zero attached hydrogens (tertiary/aromatic N) is 1. The lowest BCUT2D eigenvalue weighted by Gasteiger charge is -2.12. The summed E-state index contributed by atoms with van der Waals surface area (Å²) in [7, 11) is 1.61. The fraction of sp³-hybridized carbons (Fsp3) is 0.267. The van der Waals surface area contributed by atoms with Crippen molar-refractivity contribution in [2.75, 3.05) is 13.7 Å². The molecule has 2 aromatic rings. The van der Waals surface area contributed by atoms with E-state index in [0.717, 1.165) is 12.0 Å². The first-order valence-corrected chi connectivity index (χ1v) is 7.20. The van der Waals surface area contributed by atoms with Gasteiger partial charge in [0.1, 0.15) is 11.5 Å². The van der Waals surface area contributed by atoms with Gasteiger partial charge in [-0.05, 0) is 41.4 Å². The SMILES string of the molecule is COc1ccc(/C(C)=N/O)c(OCCc2ccsc2)c1. The van der Waals surface area contributed by atoms with Gasteiger partial charge in [-0.25, -0.2) is 0 Å². The van der Waals surface area contributed by atoms with Crippen LogP contribution < -0.4 is 9.47 Å². The Hall–Kier alpha value is -2.01. The minimum absolute atomic E-state index is 0.512. The van der Waals surface area contributed by atoms with Crippen LogP contribution in [0, 0.1) is 0 Å². The summed E-state index contributed by atoms with van der Waals surface area (Å²) in [4.78, 5) is 0. The standard InChI is InChI=1S/C15H17NO3S/c1-11(16-17)14-4-3-13(18-2)9-15(14)19-7-5-12-6-8-20-10-12/h3-4,6,8-10,17H,5,7H2,1-2H3/b16-11+. The molecule has 0 aliphatic rings. The van der Waals surface area contributed by atoms with Gasteiger partial charge in [-0.3, -0.25) is 0 Å². The van der Waals surface area contributed by atoms with Crippen LogP contribution in [-0.2, 0) is 6.42 Å². The second-order valence-electron chi connectivity index (χ2n) is 4.28. The smallest absolute Gasteiger partial charge is 0.132 e. The first kappa shape index (κ1) is 14.4. The van der Waals surface area contributed by atoms with Gasteiger partial charge in [-0.2, -0.15) is 11.3 Å². The maximum Gasteiger partial charge on any atom is 0.132 e. The molecule has 0 bridgehead atoms. The van der Waals surface area contributed by atoms with Gasteiger partial charge < -0.3 is 14.7 Å². The van der Waals surface area contributed by atoms with Crippen molar-refractivity contribution in [2.45, 2.75) is 13.3 Å². The summed E-state index contributed by atoms with van der Waals surface area (Å²) in [6, 6.07) is 7.53. The molecule has 0 unspecified atom stereocenters. The van der Waals surface area contributed by atoms with Gasteiger partial charge in [-0.1, -0.05) is 5.16 Å². The molecule has 0 saturated carbocycles. The number of hydrogen-bond acceptors (Lipinski definition) is 5. The van der Waals surface area contributed by atoms with E-state index in [9.17, 15) is 0 Å². The minimum atomic E-state index is 0.512. The van der Waals surface area contributed by atoms with Crippen LogP contribution in [0.2, 0.25) is 0 Å². The lowest BCUT2D eigenvalue weighted by atomic mass is 10.1. The predicted molar refractivity (Wildman–Crippen MR) is 80.5 cm³/mol. The van der Waals surface area contributed by atoms with E-state index in [1.54, 1.807) is 31.4 Å². The Balaban J connectivity index is 2.11. The van der Waals surface area contributed by atoms with Crippen molar-refractivity contribution < 1.29 is 14.7 Å². The third kappa shape index (κ3) is 3.51. The molecule has 5 heteroatoms. The summed E-state index contributed by atoms with van der Waals surface area (Å²) in [5.41, 5.74) is 2.53. The van der Waals surface area contributed by atoms with Crippen LogP contribution in [0.5, 0.6) is 11.5 Å². The summed E-state index contributed by atoms with van der Waals surface area (Å²) >= 11 is 1.68. The van der Waals surface area contributed by atoms with Gasteiger partial charge in [0.15, 0.2) is 0 Å². The van der Waals surface area contributed by atoms with Gasteiger partial charge >= 0.3 is 0 Å². The number of benzene rings is 1. The maximum absolute atomic E-state index is 8.92. The molecule has 0 radical (unpaired) electrons. The molecule has 1 N–H and O–H groups in total. The molecule has 0 atom stereocenters. The van der Waals surface area contributed by atoms with Crippen LogP contribution in [0.25, 0.3) is 0 Å². The van der Waals surface area contributed by atoms with E-state index in [0.29, 0.717) is 23.8 Å². The second-order valence-corrected chi connectivity index (χ2v) is 5.06. The van der Waals surface area contributed by atoms with E-state index < -0.39 is 0 Å². The van der Waals surface area contributed by atoms with Crippen LogP contribution in [-0.4, -0.2) is 24.6 Å². The predicted octanol–water partition coefficient (Wildman–Crippen LogP) is 3.58. The molecule has 0 amide bonds. The van der Waals surface area contributed by atoms with E-state index in [4.69, 9.17) is 14.7 Å². The first-order chi connectivity index (χ1) is 9.74. The van der Waals surface area contributed by atoms with E-state index in [2.05, 4.69) is 22.0 Å². The number of thiophene rings is 1. The average Bonchev–Trinajstić information content (AvgIpc) is 2.99. The molecule has 1 aromatic carbocycles. The zero-order valence-electron chi connectivity index (χ0n) is 11.5. The molecule has 0 saturated heterocycles. The van der Waals surface area contributed by atoms with Gasteiger partial charge in [-0.15, -0.1) is 0 Å². The van der Waals surface area contributed by atoms with Gasteiger partial charge in [0.25, 0.3) is 0 Å². The van der Waals surface area contributed by atoms with E-state index in [1.165, 1.54) is 5.56 Å². The van der Waals surface area contributed by atoms with Crippen molar-refractivity contribution in [3.63, 3.8) is 0 Å². The van der Waals surface area contributed by atoms with Crippen molar-refractivity contribution in [2.24, 2.45) is 5.16 Å². The molecule has 2 rings (SSSR count). The Morgan fingerprint density at radius 2 is 2.20 bits per heavy atom. The van der Waals surface area contributed by atoms with Crippen LogP contribution in [0.15, 0.2) is 40.2 Å². The third-order valence-electron chi connectivity index (χ3n) is 2.96. The highest BCUT2D eigenvalue weighted by Crippen LogP contribution is 2.25. The topological polar surface area (TPSA) is 51.0 Å². The largest absolute Gasteiger partial charge is 0.497 e. The van der Waals surface area contributed by atoms with Crippen molar-refractivity contribution in [3.05, 3.63) is 46.2 Å². The van der Waals surface area contributed by atoms with E-state index in [1.807, 2.05) is 12.1 Å². The number of methoxy groups -OCH3 is 1. The Morgan fingerprint density at radius 3 is 2.85 bits per heavy atom. The Kier molecular flexibility index (Phi) is 5.01. The third-order valence-corrected chi connectivity index (χ3v) is 3.69. The highest BCUT2D eigenvalue weighted by molar-refractivity contribution is 7.07. The molecule has 20 heavy (non-hydrogen) atoms. The molecule has 0 spiro atoms.